The van der Waals surface area contributed by atoms with Crippen molar-refractivity contribution in [3.05, 3.63) is 24.0 Å². The largest absolute Gasteiger partial charge is 0.326 e. The third-order valence-electron chi connectivity index (χ3n) is 2.52. The van der Waals surface area contributed by atoms with Gasteiger partial charge in [0.25, 0.3) is 0 Å². The molecule has 0 spiro atoms. The number of nitrogens with zero attached hydrogens (tertiary/aromatic N) is 1. The van der Waals surface area contributed by atoms with E-state index in [4.69, 9.17) is 0 Å². The number of amides is 1. The molecule has 1 aromatic rings. The van der Waals surface area contributed by atoms with Gasteiger partial charge >= 0.3 is 0 Å². The number of carbonyl (C=O) groups excluding carboxylic acids is 1. The first-order chi connectivity index (χ1) is 7.17. The minimum Gasteiger partial charge on any atom is -0.326 e. The molecule has 1 amide bonds. The molecule has 0 aliphatic rings. The summed E-state index contributed by atoms with van der Waals surface area (Å²) in [7, 11) is 0. The Hall–Kier alpha value is -1.38. The lowest BCUT2D eigenvalue weighted by atomic mass is 10.0. The molecule has 1 heterocycles. The predicted octanol–water partition coefficient (Wildman–Crippen LogP) is 2.76. The van der Waals surface area contributed by atoms with Crippen LogP contribution in [0.25, 0.3) is 0 Å². The van der Waals surface area contributed by atoms with E-state index in [1.54, 1.807) is 6.20 Å². The second-order valence-corrected chi connectivity index (χ2v) is 3.69. The molecule has 0 saturated carbocycles. The van der Waals surface area contributed by atoms with Crippen LogP contribution in [-0.2, 0) is 4.79 Å². The van der Waals surface area contributed by atoms with Crippen LogP contribution < -0.4 is 5.32 Å². The highest BCUT2D eigenvalue weighted by atomic mass is 16.1. The highest BCUT2D eigenvalue weighted by molar-refractivity contribution is 5.92. The third kappa shape index (κ3) is 3.35. The third-order valence-corrected chi connectivity index (χ3v) is 2.52. The van der Waals surface area contributed by atoms with Crippen molar-refractivity contribution in [1.82, 2.24) is 4.98 Å². The van der Waals surface area contributed by atoms with Crippen LogP contribution in [0.2, 0.25) is 0 Å². The highest BCUT2D eigenvalue weighted by Crippen LogP contribution is 2.13. The number of hydrogen-bond donors (Lipinski definition) is 1. The van der Waals surface area contributed by atoms with Gasteiger partial charge in [-0.15, -0.1) is 0 Å². The summed E-state index contributed by atoms with van der Waals surface area (Å²) in [6.45, 7) is 5.98. The van der Waals surface area contributed by atoms with Crippen LogP contribution in [0.4, 0.5) is 5.69 Å². The fraction of sp³-hybridized carbons (Fsp3) is 0.500. The fourth-order valence-corrected chi connectivity index (χ4v) is 1.53. The maximum atomic E-state index is 11.8. The van der Waals surface area contributed by atoms with E-state index in [2.05, 4.69) is 10.3 Å². The smallest absolute Gasteiger partial charge is 0.227 e. The minimum atomic E-state index is 0.102. The molecule has 0 aromatic carbocycles. The van der Waals surface area contributed by atoms with E-state index in [-0.39, 0.29) is 11.8 Å². The van der Waals surface area contributed by atoms with Gasteiger partial charge in [0.05, 0.1) is 0 Å². The summed E-state index contributed by atoms with van der Waals surface area (Å²) >= 11 is 0. The molecule has 0 bridgehead atoms. The number of aryl methyl sites for hydroxylation is 1. The Morgan fingerprint density at radius 3 is 2.67 bits per heavy atom. The topological polar surface area (TPSA) is 42.0 Å². The zero-order valence-electron chi connectivity index (χ0n) is 9.58. The van der Waals surface area contributed by atoms with Gasteiger partial charge in [0.2, 0.25) is 5.91 Å². The average Bonchev–Trinajstić information content (AvgIpc) is 2.19. The van der Waals surface area contributed by atoms with Crippen molar-refractivity contribution in [2.75, 3.05) is 5.32 Å². The monoisotopic (exact) mass is 206 g/mol. The van der Waals surface area contributed by atoms with Gasteiger partial charge in [0.15, 0.2) is 0 Å². The first-order valence-electron chi connectivity index (χ1n) is 5.40. The summed E-state index contributed by atoms with van der Waals surface area (Å²) in [5.74, 6) is 0.212. The van der Waals surface area contributed by atoms with Crippen molar-refractivity contribution in [1.29, 1.82) is 0 Å². The van der Waals surface area contributed by atoms with Crippen LogP contribution >= 0.6 is 0 Å². The van der Waals surface area contributed by atoms with Crippen molar-refractivity contribution in [3.8, 4) is 0 Å². The molecular formula is C12H18N2O. The van der Waals surface area contributed by atoms with Gasteiger partial charge in [-0.25, -0.2) is 0 Å². The highest BCUT2D eigenvalue weighted by Gasteiger charge is 2.13. The van der Waals surface area contributed by atoms with Gasteiger partial charge in [0, 0.05) is 23.5 Å². The Kier molecular flexibility index (Phi) is 4.28. The zero-order chi connectivity index (χ0) is 11.3. The van der Waals surface area contributed by atoms with Crippen molar-refractivity contribution >= 4 is 11.6 Å². The Labute approximate surface area is 90.9 Å². The molecule has 1 rings (SSSR count). The standard InChI is InChI=1S/C12H18N2O/c1-4-10(5-2)12(15)14-11-6-7-13-9(3)8-11/h6-8,10H,4-5H2,1-3H3,(H,13,14,15). The first kappa shape index (κ1) is 11.7. The van der Waals surface area contributed by atoms with Gasteiger partial charge in [-0.05, 0) is 31.9 Å². The molecule has 0 aliphatic heterocycles. The normalized spacial score (nSPS) is 10.4. The molecule has 3 heteroatoms. The molecule has 0 radical (unpaired) electrons. The average molecular weight is 206 g/mol. The maximum Gasteiger partial charge on any atom is 0.227 e. The van der Waals surface area contributed by atoms with E-state index >= 15 is 0 Å². The van der Waals surface area contributed by atoms with Crippen LogP contribution in [0.1, 0.15) is 32.4 Å². The van der Waals surface area contributed by atoms with Crippen molar-refractivity contribution in [2.45, 2.75) is 33.6 Å². The van der Waals surface area contributed by atoms with Gasteiger partial charge in [-0.1, -0.05) is 13.8 Å². The summed E-state index contributed by atoms with van der Waals surface area (Å²) in [5, 5.41) is 2.91. The van der Waals surface area contributed by atoms with Crippen LogP contribution in [0.5, 0.6) is 0 Å². The summed E-state index contributed by atoms with van der Waals surface area (Å²) in [4.78, 5) is 15.8. The lowest BCUT2D eigenvalue weighted by Crippen LogP contribution is -2.21. The lowest BCUT2D eigenvalue weighted by molar-refractivity contribution is -0.120. The summed E-state index contributed by atoms with van der Waals surface area (Å²) in [6, 6.07) is 3.69. The molecule has 0 fully saturated rings. The first-order valence-corrected chi connectivity index (χ1v) is 5.40. The van der Waals surface area contributed by atoms with Crippen LogP contribution in [0, 0.1) is 12.8 Å². The molecule has 1 aromatic heterocycles. The Bertz CT molecular complexity index is 332. The summed E-state index contributed by atoms with van der Waals surface area (Å²) in [5.41, 5.74) is 1.75. The van der Waals surface area contributed by atoms with E-state index in [0.29, 0.717) is 0 Å². The number of carbonyl (C=O) groups is 1. The summed E-state index contributed by atoms with van der Waals surface area (Å²) < 4.78 is 0. The van der Waals surface area contributed by atoms with Crippen molar-refractivity contribution in [3.63, 3.8) is 0 Å². The van der Waals surface area contributed by atoms with E-state index in [1.165, 1.54) is 0 Å². The number of nitrogens with one attached hydrogen (secondary N) is 1. The molecule has 0 unspecified atom stereocenters. The Morgan fingerprint density at radius 1 is 1.47 bits per heavy atom. The SMILES string of the molecule is CCC(CC)C(=O)Nc1ccnc(C)c1. The fourth-order valence-electron chi connectivity index (χ4n) is 1.53. The maximum absolute atomic E-state index is 11.8. The zero-order valence-corrected chi connectivity index (χ0v) is 9.58. The summed E-state index contributed by atoms with van der Waals surface area (Å²) in [6.07, 6.45) is 3.47. The van der Waals surface area contributed by atoms with Gasteiger partial charge in [0.1, 0.15) is 0 Å². The van der Waals surface area contributed by atoms with Gasteiger partial charge in [-0.3, -0.25) is 9.78 Å². The molecule has 15 heavy (non-hydrogen) atoms. The Balaban J connectivity index is 2.65. The molecule has 0 aliphatic carbocycles. The minimum absolute atomic E-state index is 0.102. The molecule has 0 saturated heterocycles. The van der Waals surface area contributed by atoms with E-state index in [1.807, 2.05) is 32.9 Å². The number of anilines is 1. The van der Waals surface area contributed by atoms with Gasteiger partial charge in [-0.2, -0.15) is 0 Å². The van der Waals surface area contributed by atoms with Gasteiger partial charge < -0.3 is 5.32 Å². The quantitative estimate of drug-likeness (QED) is 0.823. The number of pyridine rings is 1. The van der Waals surface area contributed by atoms with Crippen molar-refractivity contribution in [2.24, 2.45) is 5.92 Å². The second-order valence-electron chi connectivity index (χ2n) is 3.69. The van der Waals surface area contributed by atoms with Crippen molar-refractivity contribution < 1.29 is 4.79 Å². The number of hydrogen-bond acceptors (Lipinski definition) is 2. The van der Waals surface area contributed by atoms with E-state index in [0.717, 1.165) is 24.2 Å². The van der Waals surface area contributed by atoms with Crippen LogP contribution in [0.3, 0.4) is 0 Å². The van der Waals surface area contributed by atoms with E-state index in [9.17, 15) is 4.79 Å². The van der Waals surface area contributed by atoms with Crippen LogP contribution in [0.15, 0.2) is 18.3 Å². The number of rotatable bonds is 4. The lowest BCUT2D eigenvalue weighted by Gasteiger charge is -2.12. The number of aromatic nitrogens is 1. The molecule has 0 atom stereocenters. The predicted molar refractivity (Wildman–Crippen MR) is 61.7 cm³/mol. The molecule has 82 valence electrons. The van der Waals surface area contributed by atoms with Crippen LogP contribution in [-0.4, -0.2) is 10.9 Å². The molecule has 1 N–H and O–H groups in total. The second kappa shape index (κ2) is 5.49. The Morgan fingerprint density at radius 2 is 2.13 bits per heavy atom. The molecule has 3 nitrogen and oxygen atoms in total. The van der Waals surface area contributed by atoms with E-state index < -0.39 is 0 Å². The molecular weight excluding hydrogens is 188 g/mol.